The van der Waals surface area contributed by atoms with Crippen molar-refractivity contribution >= 4 is 28.3 Å². The molecule has 2 amide bonds. The van der Waals surface area contributed by atoms with E-state index >= 15 is 0 Å². The fourth-order valence-corrected chi connectivity index (χ4v) is 4.21. The van der Waals surface area contributed by atoms with Crippen LogP contribution in [-0.2, 0) is 11.3 Å². The van der Waals surface area contributed by atoms with Crippen molar-refractivity contribution in [2.75, 3.05) is 32.0 Å². The molecule has 1 aliphatic rings. The molecule has 1 N–H and O–H groups in total. The van der Waals surface area contributed by atoms with E-state index in [1.54, 1.807) is 11.6 Å². The van der Waals surface area contributed by atoms with E-state index in [0.29, 0.717) is 17.2 Å². The molecule has 2 aromatic heterocycles. The van der Waals surface area contributed by atoms with Crippen LogP contribution in [-0.4, -0.2) is 57.8 Å². The van der Waals surface area contributed by atoms with Crippen LogP contribution in [0, 0.1) is 0 Å². The van der Waals surface area contributed by atoms with Gasteiger partial charge in [0.25, 0.3) is 11.5 Å². The van der Waals surface area contributed by atoms with Crippen LogP contribution in [0.5, 0.6) is 0 Å². The number of anilines is 1. The van der Waals surface area contributed by atoms with E-state index in [2.05, 4.69) is 15.2 Å². The minimum Gasteiger partial charge on any atom is -0.329 e. The van der Waals surface area contributed by atoms with Gasteiger partial charge in [0, 0.05) is 43.5 Å². The molecule has 31 heavy (non-hydrogen) atoms. The highest BCUT2D eigenvalue weighted by atomic mass is 32.1. The summed E-state index contributed by atoms with van der Waals surface area (Å²) in [7, 11) is 2.04. The van der Waals surface area contributed by atoms with Gasteiger partial charge in [-0.2, -0.15) is 0 Å². The summed E-state index contributed by atoms with van der Waals surface area (Å²) < 4.78 is 1.25. The maximum absolute atomic E-state index is 13.4. The van der Waals surface area contributed by atoms with Crippen LogP contribution >= 0.6 is 11.3 Å². The van der Waals surface area contributed by atoms with E-state index in [0.717, 1.165) is 18.7 Å². The first kappa shape index (κ1) is 21.0. The summed E-state index contributed by atoms with van der Waals surface area (Å²) in [6.45, 7) is 1.89. The molecule has 0 aliphatic carbocycles. The molecular weight excluding hydrogens is 414 g/mol. The second-order valence-electron chi connectivity index (χ2n) is 7.46. The summed E-state index contributed by atoms with van der Waals surface area (Å²) in [5.41, 5.74) is 1.11. The van der Waals surface area contributed by atoms with Gasteiger partial charge in [-0.15, -0.1) is 11.3 Å². The van der Waals surface area contributed by atoms with E-state index in [1.165, 1.54) is 34.2 Å². The van der Waals surface area contributed by atoms with Crippen molar-refractivity contribution in [1.29, 1.82) is 0 Å². The smallest absolute Gasteiger partial charge is 0.255 e. The van der Waals surface area contributed by atoms with Gasteiger partial charge in [0.15, 0.2) is 5.13 Å². The normalized spacial score (nSPS) is 16.8. The Kier molecular flexibility index (Phi) is 6.24. The van der Waals surface area contributed by atoms with Crippen molar-refractivity contribution < 1.29 is 9.59 Å². The fourth-order valence-electron chi connectivity index (χ4n) is 3.67. The Hall–Kier alpha value is -3.30. The molecule has 9 heteroatoms. The summed E-state index contributed by atoms with van der Waals surface area (Å²) >= 11 is 1.30. The number of nitrogens with one attached hydrogen (secondary N) is 1. The number of pyridine rings is 1. The molecule has 3 aromatic rings. The Morgan fingerprint density at radius 2 is 1.97 bits per heavy atom. The second-order valence-corrected chi connectivity index (χ2v) is 8.35. The SMILES string of the molecule is CN1CCN(C(=O)c2ccc(=O)n(CC(=O)Nc3nccs3)c2)[C@@H](c2ccccc2)C1. The van der Waals surface area contributed by atoms with Crippen molar-refractivity contribution in [3.05, 3.63) is 81.7 Å². The molecule has 0 spiro atoms. The van der Waals surface area contributed by atoms with Crippen LogP contribution < -0.4 is 10.9 Å². The monoisotopic (exact) mass is 437 g/mol. The molecule has 1 aromatic carbocycles. The third-order valence-electron chi connectivity index (χ3n) is 5.25. The number of amides is 2. The van der Waals surface area contributed by atoms with E-state index in [4.69, 9.17) is 0 Å². The summed E-state index contributed by atoms with van der Waals surface area (Å²) in [6.07, 6.45) is 3.05. The average Bonchev–Trinajstić information content (AvgIpc) is 3.28. The Morgan fingerprint density at radius 3 is 2.71 bits per heavy atom. The number of carbonyl (C=O) groups excluding carboxylic acids is 2. The van der Waals surface area contributed by atoms with Gasteiger partial charge in [-0.1, -0.05) is 30.3 Å². The third kappa shape index (κ3) is 4.89. The highest BCUT2D eigenvalue weighted by Gasteiger charge is 2.31. The number of thiazole rings is 1. The molecular formula is C22H23N5O3S. The van der Waals surface area contributed by atoms with Gasteiger partial charge in [-0.05, 0) is 18.7 Å². The molecule has 0 saturated carbocycles. The number of aromatic nitrogens is 2. The number of rotatable bonds is 5. The summed E-state index contributed by atoms with van der Waals surface area (Å²) in [5, 5.41) is 4.87. The zero-order chi connectivity index (χ0) is 21.8. The molecule has 160 valence electrons. The molecule has 0 unspecified atom stereocenters. The molecule has 0 bridgehead atoms. The number of hydrogen-bond donors (Lipinski definition) is 1. The first-order valence-corrected chi connectivity index (χ1v) is 10.8. The molecule has 1 aliphatic heterocycles. The van der Waals surface area contributed by atoms with Gasteiger partial charge >= 0.3 is 0 Å². The number of nitrogens with zero attached hydrogens (tertiary/aromatic N) is 4. The third-order valence-corrected chi connectivity index (χ3v) is 5.94. The molecule has 1 atom stereocenters. The maximum atomic E-state index is 13.4. The lowest BCUT2D eigenvalue weighted by Gasteiger charge is -2.40. The number of benzene rings is 1. The lowest BCUT2D eigenvalue weighted by molar-refractivity contribution is -0.116. The Labute approximate surface area is 183 Å². The minimum atomic E-state index is -0.372. The van der Waals surface area contributed by atoms with Crippen LogP contribution in [0.2, 0.25) is 0 Å². The summed E-state index contributed by atoms with van der Waals surface area (Å²) in [4.78, 5) is 46.0. The Balaban J connectivity index is 1.55. The van der Waals surface area contributed by atoms with Crippen LogP contribution in [0.1, 0.15) is 22.0 Å². The standard InChI is InChI=1S/C22H23N5O3S/c1-25-10-11-27(18(14-25)16-5-3-2-4-6-16)21(30)17-7-8-20(29)26(13-17)15-19(28)24-22-23-9-12-31-22/h2-9,12-13,18H,10-11,14-15H2,1H3,(H,23,24,28)/t18-/m1/s1. The van der Waals surface area contributed by atoms with Crippen molar-refractivity contribution in [2.45, 2.75) is 12.6 Å². The number of piperazine rings is 1. The Morgan fingerprint density at radius 1 is 1.16 bits per heavy atom. The van der Waals surface area contributed by atoms with Crippen LogP contribution in [0.4, 0.5) is 5.13 Å². The zero-order valence-electron chi connectivity index (χ0n) is 17.1. The van der Waals surface area contributed by atoms with Crippen molar-refractivity contribution in [2.24, 2.45) is 0 Å². The van der Waals surface area contributed by atoms with Gasteiger partial charge in [-0.3, -0.25) is 14.4 Å². The Bertz CT molecular complexity index is 1110. The van der Waals surface area contributed by atoms with Crippen molar-refractivity contribution in [1.82, 2.24) is 19.4 Å². The number of likely N-dealkylation sites (N-methyl/N-ethyl adjacent to an activating group) is 1. The molecule has 8 nitrogen and oxygen atoms in total. The number of carbonyl (C=O) groups is 2. The summed E-state index contributed by atoms with van der Waals surface area (Å²) in [6, 6.07) is 12.7. The highest BCUT2D eigenvalue weighted by Crippen LogP contribution is 2.26. The minimum absolute atomic E-state index is 0.0824. The van der Waals surface area contributed by atoms with Crippen LogP contribution in [0.25, 0.3) is 0 Å². The molecule has 0 radical (unpaired) electrons. The van der Waals surface area contributed by atoms with Gasteiger partial charge in [0.2, 0.25) is 5.91 Å². The van der Waals surface area contributed by atoms with Gasteiger partial charge in [0.05, 0.1) is 11.6 Å². The van der Waals surface area contributed by atoms with E-state index in [1.807, 2.05) is 42.3 Å². The zero-order valence-corrected chi connectivity index (χ0v) is 17.9. The van der Waals surface area contributed by atoms with Crippen LogP contribution in [0.15, 0.2) is 65.0 Å². The molecule has 1 saturated heterocycles. The topological polar surface area (TPSA) is 87.5 Å². The molecule has 1 fully saturated rings. The highest BCUT2D eigenvalue weighted by molar-refractivity contribution is 7.13. The maximum Gasteiger partial charge on any atom is 0.255 e. The molecule has 4 rings (SSSR count). The number of hydrogen-bond acceptors (Lipinski definition) is 6. The van der Waals surface area contributed by atoms with Crippen molar-refractivity contribution in [3.8, 4) is 0 Å². The average molecular weight is 438 g/mol. The molecule has 3 heterocycles. The van der Waals surface area contributed by atoms with E-state index in [-0.39, 0.29) is 30.0 Å². The van der Waals surface area contributed by atoms with E-state index < -0.39 is 0 Å². The lowest BCUT2D eigenvalue weighted by atomic mass is 10.0. The van der Waals surface area contributed by atoms with Gasteiger partial charge in [-0.25, -0.2) is 4.98 Å². The summed E-state index contributed by atoms with van der Waals surface area (Å²) in [5.74, 6) is -0.528. The van der Waals surface area contributed by atoms with Gasteiger partial charge in [0.1, 0.15) is 6.54 Å². The first-order valence-electron chi connectivity index (χ1n) is 9.95. The van der Waals surface area contributed by atoms with Gasteiger partial charge < -0.3 is 19.7 Å². The second kappa shape index (κ2) is 9.23. The van der Waals surface area contributed by atoms with Crippen molar-refractivity contribution in [3.63, 3.8) is 0 Å². The van der Waals surface area contributed by atoms with Crippen LogP contribution in [0.3, 0.4) is 0 Å². The quantitative estimate of drug-likeness (QED) is 0.660. The lowest BCUT2D eigenvalue weighted by Crippen LogP contribution is -2.49. The largest absolute Gasteiger partial charge is 0.329 e. The first-order chi connectivity index (χ1) is 15.0. The predicted octanol–water partition coefficient (Wildman–Crippen LogP) is 2.07. The predicted molar refractivity (Wildman–Crippen MR) is 119 cm³/mol. The fraction of sp³-hybridized carbons (Fsp3) is 0.273. The van der Waals surface area contributed by atoms with E-state index in [9.17, 15) is 14.4 Å².